The van der Waals surface area contributed by atoms with Crippen molar-refractivity contribution in [3.63, 3.8) is 0 Å². The molecule has 1 fully saturated rings. The second kappa shape index (κ2) is 7.15. The second-order valence-electron chi connectivity index (χ2n) is 7.27. The quantitative estimate of drug-likeness (QED) is 0.745. The monoisotopic (exact) mass is 420 g/mol. The van der Waals surface area contributed by atoms with Crippen molar-refractivity contribution in [2.45, 2.75) is 31.7 Å². The van der Waals surface area contributed by atoms with Crippen molar-refractivity contribution in [2.75, 3.05) is 16.4 Å². The van der Waals surface area contributed by atoms with Crippen LogP contribution in [0.2, 0.25) is 5.02 Å². The van der Waals surface area contributed by atoms with Crippen molar-refractivity contribution < 1.29 is 8.42 Å². The van der Waals surface area contributed by atoms with Gasteiger partial charge in [0.2, 0.25) is 0 Å². The van der Waals surface area contributed by atoms with Crippen molar-refractivity contribution in [1.82, 2.24) is 0 Å². The van der Waals surface area contributed by atoms with E-state index >= 15 is 0 Å². The summed E-state index contributed by atoms with van der Waals surface area (Å²) in [6.45, 7) is 4.80. The predicted molar refractivity (Wildman–Crippen MR) is 115 cm³/mol. The smallest absolute Gasteiger partial charge is 0.164 e. The molecule has 7 heteroatoms. The standard InChI is InChI=1S/C20H21ClN2O2S2/c1-13-6-14(2)8-17(7-13)23(10-15-4-3-5-16(21)9-15)20-22-18-11-27(24,25)12-19(18)26-20/h3-9,18-19H,10-12H2,1-2H3/t18-,19-/m1/s1. The number of hydrogen-bond acceptors (Lipinski definition) is 5. The summed E-state index contributed by atoms with van der Waals surface area (Å²) in [4.78, 5) is 6.98. The minimum Gasteiger partial charge on any atom is -0.317 e. The first-order chi connectivity index (χ1) is 12.8. The maximum absolute atomic E-state index is 11.9. The Labute approximate surface area is 169 Å². The number of rotatable bonds is 3. The maximum Gasteiger partial charge on any atom is 0.164 e. The van der Waals surface area contributed by atoms with Crippen molar-refractivity contribution in [3.8, 4) is 0 Å². The van der Waals surface area contributed by atoms with Gasteiger partial charge in [0.25, 0.3) is 0 Å². The summed E-state index contributed by atoms with van der Waals surface area (Å²) in [6.07, 6.45) is 0. The van der Waals surface area contributed by atoms with Crippen LogP contribution < -0.4 is 4.90 Å². The van der Waals surface area contributed by atoms with Crippen LogP contribution in [0.5, 0.6) is 0 Å². The highest BCUT2D eigenvalue weighted by molar-refractivity contribution is 8.15. The molecule has 0 bridgehead atoms. The molecule has 0 spiro atoms. The van der Waals surface area contributed by atoms with Gasteiger partial charge in [-0.25, -0.2) is 8.42 Å². The SMILES string of the molecule is Cc1cc(C)cc(N(Cc2cccc(Cl)c2)C2=N[C@@H]3CS(=O)(=O)C[C@H]3S2)c1. The van der Waals surface area contributed by atoms with Gasteiger partial charge in [0, 0.05) is 16.0 Å². The number of halogens is 1. The van der Waals surface area contributed by atoms with Crippen molar-refractivity contribution in [1.29, 1.82) is 0 Å². The Morgan fingerprint density at radius 2 is 1.89 bits per heavy atom. The average Bonchev–Trinajstić information content (AvgIpc) is 3.05. The van der Waals surface area contributed by atoms with Gasteiger partial charge in [0.05, 0.1) is 24.1 Å². The summed E-state index contributed by atoms with van der Waals surface area (Å²) in [6, 6.07) is 14.1. The summed E-state index contributed by atoms with van der Waals surface area (Å²) in [5.74, 6) is 0.374. The number of aliphatic imine (C=N–C) groups is 1. The van der Waals surface area contributed by atoms with Gasteiger partial charge in [0.1, 0.15) is 0 Å². The fraction of sp³-hybridized carbons (Fsp3) is 0.350. The minimum absolute atomic E-state index is 0.0257. The lowest BCUT2D eigenvalue weighted by atomic mass is 10.1. The third kappa shape index (κ3) is 4.18. The highest BCUT2D eigenvalue weighted by Crippen LogP contribution is 2.37. The van der Waals surface area contributed by atoms with E-state index in [0.29, 0.717) is 11.6 Å². The number of aryl methyl sites for hydroxylation is 2. The van der Waals surface area contributed by atoms with Gasteiger partial charge in [-0.15, -0.1) is 0 Å². The molecule has 4 rings (SSSR count). The highest BCUT2D eigenvalue weighted by Gasteiger charge is 2.44. The van der Waals surface area contributed by atoms with E-state index in [-0.39, 0.29) is 22.8 Å². The first-order valence-electron chi connectivity index (χ1n) is 8.84. The molecule has 2 aliphatic heterocycles. The van der Waals surface area contributed by atoms with Crippen LogP contribution in [0.1, 0.15) is 16.7 Å². The number of amidine groups is 1. The maximum atomic E-state index is 11.9. The minimum atomic E-state index is -2.96. The summed E-state index contributed by atoms with van der Waals surface area (Å²) >= 11 is 7.76. The van der Waals surface area contributed by atoms with E-state index in [1.165, 1.54) is 11.1 Å². The molecule has 0 aliphatic carbocycles. The number of fused-ring (bicyclic) bond motifs is 1. The van der Waals surface area contributed by atoms with Crippen LogP contribution in [0.25, 0.3) is 0 Å². The zero-order valence-electron chi connectivity index (χ0n) is 15.2. The third-order valence-corrected chi connectivity index (χ3v) is 8.27. The largest absolute Gasteiger partial charge is 0.317 e. The molecule has 27 heavy (non-hydrogen) atoms. The summed E-state index contributed by atoms with van der Waals surface area (Å²) < 4.78 is 23.8. The molecule has 2 aliphatic rings. The normalized spacial score (nSPS) is 23.1. The average molecular weight is 421 g/mol. The first-order valence-corrected chi connectivity index (χ1v) is 11.9. The second-order valence-corrected chi connectivity index (χ2v) is 11.1. The number of sulfone groups is 1. The number of thioether (sulfide) groups is 1. The summed E-state index contributed by atoms with van der Waals surface area (Å²) in [7, 11) is -2.96. The Morgan fingerprint density at radius 1 is 1.15 bits per heavy atom. The Morgan fingerprint density at radius 3 is 2.56 bits per heavy atom. The van der Waals surface area contributed by atoms with E-state index in [1.807, 2.05) is 24.3 Å². The number of hydrogen-bond donors (Lipinski definition) is 0. The molecule has 0 N–H and O–H groups in total. The van der Waals surface area contributed by atoms with E-state index in [4.69, 9.17) is 16.6 Å². The van der Waals surface area contributed by atoms with E-state index < -0.39 is 9.84 Å². The highest BCUT2D eigenvalue weighted by atomic mass is 35.5. The van der Waals surface area contributed by atoms with Crippen LogP contribution in [0, 0.1) is 13.8 Å². The van der Waals surface area contributed by atoms with Crippen LogP contribution in [-0.4, -0.2) is 36.4 Å². The van der Waals surface area contributed by atoms with Crippen molar-refractivity contribution in [3.05, 3.63) is 64.2 Å². The molecule has 0 aromatic heterocycles. The van der Waals surface area contributed by atoms with Crippen molar-refractivity contribution >= 4 is 44.1 Å². The van der Waals surface area contributed by atoms with Crippen LogP contribution >= 0.6 is 23.4 Å². The lowest BCUT2D eigenvalue weighted by Gasteiger charge is -2.26. The van der Waals surface area contributed by atoms with Gasteiger partial charge in [-0.05, 0) is 54.8 Å². The summed E-state index contributed by atoms with van der Waals surface area (Å²) in [5, 5.41) is 1.62. The third-order valence-electron chi connectivity index (χ3n) is 4.78. The lowest BCUT2D eigenvalue weighted by Crippen LogP contribution is -2.28. The van der Waals surface area contributed by atoms with Gasteiger partial charge < -0.3 is 4.90 Å². The van der Waals surface area contributed by atoms with E-state index in [2.05, 4.69) is 36.9 Å². The van der Waals surface area contributed by atoms with Gasteiger partial charge in [-0.3, -0.25) is 4.99 Å². The molecule has 2 aromatic carbocycles. The molecule has 1 saturated heterocycles. The van der Waals surface area contributed by atoms with Crippen LogP contribution in [0.4, 0.5) is 5.69 Å². The van der Waals surface area contributed by atoms with E-state index in [9.17, 15) is 8.42 Å². The molecule has 2 atom stereocenters. The van der Waals surface area contributed by atoms with Crippen LogP contribution in [0.3, 0.4) is 0 Å². The lowest BCUT2D eigenvalue weighted by molar-refractivity contribution is 0.601. The Balaban J connectivity index is 1.70. The molecule has 142 valence electrons. The van der Waals surface area contributed by atoms with E-state index in [1.54, 1.807) is 11.8 Å². The predicted octanol–water partition coefficient (Wildman–Crippen LogP) is 4.23. The molecule has 0 saturated carbocycles. The number of benzene rings is 2. The Kier molecular flexibility index (Phi) is 4.99. The Bertz CT molecular complexity index is 1000. The van der Waals surface area contributed by atoms with E-state index in [0.717, 1.165) is 16.4 Å². The molecule has 4 nitrogen and oxygen atoms in total. The molecular formula is C20H21ClN2O2S2. The van der Waals surface area contributed by atoms with Gasteiger partial charge in [-0.2, -0.15) is 0 Å². The fourth-order valence-corrected chi connectivity index (χ4v) is 7.66. The number of anilines is 1. The zero-order chi connectivity index (χ0) is 19.2. The van der Waals surface area contributed by atoms with Crippen LogP contribution in [0.15, 0.2) is 47.5 Å². The van der Waals surface area contributed by atoms with Gasteiger partial charge in [0.15, 0.2) is 15.0 Å². The number of nitrogens with zero attached hydrogens (tertiary/aromatic N) is 2. The topological polar surface area (TPSA) is 49.7 Å². The molecule has 0 radical (unpaired) electrons. The van der Waals surface area contributed by atoms with Gasteiger partial charge in [-0.1, -0.05) is 41.6 Å². The summed E-state index contributed by atoms with van der Waals surface area (Å²) in [5.41, 5.74) is 4.54. The van der Waals surface area contributed by atoms with Crippen LogP contribution in [-0.2, 0) is 16.4 Å². The van der Waals surface area contributed by atoms with Gasteiger partial charge >= 0.3 is 0 Å². The fourth-order valence-electron chi connectivity index (χ4n) is 3.66. The molecule has 2 aromatic rings. The first kappa shape index (κ1) is 18.8. The Hall–Kier alpha value is -1.50. The zero-order valence-corrected chi connectivity index (χ0v) is 17.6. The molecule has 0 amide bonds. The molecule has 0 unspecified atom stereocenters. The molecular weight excluding hydrogens is 400 g/mol. The molecule has 2 heterocycles. The van der Waals surface area contributed by atoms with Crippen molar-refractivity contribution in [2.24, 2.45) is 4.99 Å².